The SMILES string of the molecule is Clc1ccc2nc(COc3cccc(-n4cnnn4)c3)cn2c1. The lowest BCUT2D eigenvalue weighted by atomic mass is 10.3. The third-order valence-electron chi connectivity index (χ3n) is 3.28. The zero-order valence-electron chi connectivity index (χ0n) is 11.9. The molecular formula is C15H11ClN6O. The Kier molecular flexibility index (Phi) is 3.39. The highest BCUT2D eigenvalue weighted by Gasteiger charge is 2.05. The Hall–Kier alpha value is -2.93. The number of hydrogen-bond acceptors (Lipinski definition) is 5. The van der Waals surface area contributed by atoms with Crippen molar-refractivity contribution in [1.82, 2.24) is 29.6 Å². The van der Waals surface area contributed by atoms with Crippen LogP contribution in [-0.2, 0) is 6.61 Å². The average molecular weight is 327 g/mol. The van der Waals surface area contributed by atoms with Crippen LogP contribution >= 0.6 is 11.6 Å². The summed E-state index contributed by atoms with van der Waals surface area (Å²) in [7, 11) is 0. The van der Waals surface area contributed by atoms with E-state index >= 15 is 0 Å². The van der Waals surface area contributed by atoms with Crippen LogP contribution in [0.2, 0.25) is 5.02 Å². The molecule has 0 aliphatic heterocycles. The van der Waals surface area contributed by atoms with E-state index in [4.69, 9.17) is 16.3 Å². The zero-order valence-corrected chi connectivity index (χ0v) is 12.6. The molecule has 4 aromatic rings. The molecule has 3 heterocycles. The molecule has 0 spiro atoms. The van der Waals surface area contributed by atoms with Crippen molar-refractivity contribution in [3.63, 3.8) is 0 Å². The maximum atomic E-state index is 5.97. The smallest absolute Gasteiger partial charge is 0.143 e. The van der Waals surface area contributed by atoms with E-state index in [-0.39, 0.29) is 0 Å². The van der Waals surface area contributed by atoms with Gasteiger partial charge in [-0.15, -0.1) is 5.10 Å². The van der Waals surface area contributed by atoms with Gasteiger partial charge in [0.1, 0.15) is 24.3 Å². The maximum absolute atomic E-state index is 5.97. The molecule has 0 N–H and O–H groups in total. The molecule has 4 rings (SSSR count). The molecule has 0 amide bonds. The molecule has 1 aromatic carbocycles. The average Bonchev–Trinajstić information content (AvgIpc) is 3.22. The number of tetrazole rings is 1. The Labute approximate surface area is 136 Å². The van der Waals surface area contributed by atoms with Crippen molar-refractivity contribution in [3.8, 4) is 11.4 Å². The molecule has 0 unspecified atom stereocenters. The molecule has 0 aliphatic rings. The van der Waals surface area contributed by atoms with Crippen molar-refractivity contribution >= 4 is 17.2 Å². The molecule has 0 saturated heterocycles. The molecule has 3 aromatic heterocycles. The highest BCUT2D eigenvalue weighted by atomic mass is 35.5. The predicted octanol–water partition coefficient (Wildman–Crippen LogP) is 2.54. The van der Waals surface area contributed by atoms with Crippen LogP contribution in [0.1, 0.15) is 5.69 Å². The first-order chi connectivity index (χ1) is 11.3. The molecule has 0 aliphatic carbocycles. The number of pyridine rings is 1. The maximum Gasteiger partial charge on any atom is 0.143 e. The molecule has 8 heteroatoms. The lowest BCUT2D eigenvalue weighted by molar-refractivity contribution is 0.302. The number of fused-ring (bicyclic) bond motifs is 1. The van der Waals surface area contributed by atoms with Gasteiger partial charge in [-0.25, -0.2) is 9.67 Å². The van der Waals surface area contributed by atoms with E-state index in [2.05, 4.69) is 20.5 Å². The van der Waals surface area contributed by atoms with E-state index < -0.39 is 0 Å². The fourth-order valence-electron chi connectivity index (χ4n) is 2.24. The van der Waals surface area contributed by atoms with Crippen molar-refractivity contribution in [2.75, 3.05) is 0 Å². The summed E-state index contributed by atoms with van der Waals surface area (Å²) < 4.78 is 9.24. The second kappa shape index (κ2) is 5.69. The van der Waals surface area contributed by atoms with Crippen LogP contribution in [0.15, 0.2) is 55.1 Å². The van der Waals surface area contributed by atoms with E-state index in [0.717, 1.165) is 17.0 Å². The number of rotatable bonds is 4. The Morgan fingerprint density at radius 2 is 2.09 bits per heavy atom. The van der Waals surface area contributed by atoms with Crippen LogP contribution in [0.25, 0.3) is 11.3 Å². The van der Waals surface area contributed by atoms with Crippen molar-refractivity contribution in [2.24, 2.45) is 0 Å². The summed E-state index contributed by atoms with van der Waals surface area (Å²) in [4.78, 5) is 4.48. The fourth-order valence-corrected chi connectivity index (χ4v) is 2.41. The van der Waals surface area contributed by atoms with Crippen LogP contribution < -0.4 is 4.74 Å². The summed E-state index contributed by atoms with van der Waals surface area (Å²) in [6.45, 7) is 0.359. The second-order valence-corrected chi connectivity index (χ2v) is 5.32. The van der Waals surface area contributed by atoms with Crippen molar-refractivity contribution in [2.45, 2.75) is 6.61 Å². The van der Waals surface area contributed by atoms with Crippen molar-refractivity contribution in [3.05, 3.63) is 65.8 Å². The van der Waals surface area contributed by atoms with Crippen LogP contribution in [0.5, 0.6) is 5.75 Å². The number of nitrogens with zero attached hydrogens (tertiary/aromatic N) is 6. The van der Waals surface area contributed by atoms with Gasteiger partial charge < -0.3 is 9.14 Å². The lowest BCUT2D eigenvalue weighted by Gasteiger charge is -2.06. The summed E-state index contributed by atoms with van der Waals surface area (Å²) in [6.07, 6.45) is 5.24. The first kappa shape index (κ1) is 13.7. The number of hydrogen-bond donors (Lipinski definition) is 0. The van der Waals surface area contributed by atoms with Gasteiger partial charge in [-0.1, -0.05) is 17.7 Å². The Morgan fingerprint density at radius 3 is 2.96 bits per heavy atom. The minimum Gasteiger partial charge on any atom is -0.487 e. The molecular weight excluding hydrogens is 316 g/mol. The van der Waals surface area contributed by atoms with Gasteiger partial charge in [0.25, 0.3) is 0 Å². The molecule has 7 nitrogen and oxygen atoms in total. The van der Waals surface area contributed by atoms with Crippen LogP contribution in [0.3, 0.4) is 0 Å². The topological polar surface area (TPSA) is 70.1 Å². The van der Waals surface area contributed by atoms with Gasteiger partial charge in [0.05, 0.1) is 16.4 Å². The number of benzene rings is 1. The van der Waals surface area contributed by atoms with Gasteiger partial charge in [0.15, 0.2) is 0 Å². The van der Waals surface area contributed by atoms with E-state index in [0.29, 0.717) is 17.4 Å². The first-order valence-electron chi connectivity index (χ1n) is 6.87. The number of halogens is 1. The normalized spacial score (nSPS) is 11.0. The lowest BCUT2D eigenvalue weighted by Crippen LogP contribution is -1.98. The Bertz CT molecular complexity index is 950. The van der Waals surface area contributed by atoms with Gasteiger partial charge in [0.2, 0.25) is 0 Å². The first-order valence-corrected chi connectivity index (χ1v) is 7.25. The molecule has 0 atom stereocenters. The van der Waals surface area contributed by atoms with Crippen molar-refractivity contribution < 1.29 is 4.74 Å². The second-order valence-electron chi connectivity index (χ2n) is 4.89. The van der Waals surface area contributed by atoms with E-state index in [1.54, 1.807) is 4.68 Å². The molecule has 0 fully saturated rings. The number of aromatic nitrogens is 6. The molecule has 23 heavy (non-hydrogen) atoms. The minimum atomic E-state index is 0.359. The summed E-state index contributed by atoms with van der Waals surface area (Å²) in [6, 6.07) is 11.2. The third-order valence-corrected chi connectivity index (χ3v) is 3.51. The molecule has 114 valence electrons. The van der Waals surface area contributed by atoms with E-state index in [1.807, 2.05) is 53.2 Å². The summed E-state index contributed by atoms with van der Waals surface area (Å²) in [5.41, 5.74) is 2.48. The van der Waals surface area contributed by atoms with Gasteiger partial charge >= 0.3 is 0 Å². The third kappa shape index (κ3) is 2.86. The molecule has 0 saturated carbocycles. The van der Waals surface area contributed by atoms with Gasteiger partial charge in [-0.2, -0.15) is 0 Å². The summed E-state index contributed by atoms with van der Waals surface area (Å²) in [5, 5.41) is 11.8. The molecule has 0 radical (unpaired) electrons. The highest BCUT2D eigenvalue weighted by Crippen LogP contribution is 2.18. The predicted molar refractivity (Wildman–Crippen MR) is 83.7 cm³/mol. The quantitative estimate of drug-likeness (QED) is 0.576. The minimum absolute atomic E-state index is 0.359. The fraction of sp³-hybridized carbons (Fsp3) is 0.0667. The largest absolute Gasteiger partial charge is 0.487 e. The van der Waals surface area contributed by atoms with Crippen LogP contribution in [0.4, 0.5) is 0 Å². The van der Waals surface area contributed by atoms with Gasteiger partial charge in [-0.3, -0.25) is 0 Å². The number of imidazole rings is 1. The Morgan fingerprint density at radius 1 is 1.13 bits per heavy atom. The summed E-state index contributed by atoms with van der Waals surface area (Å²) >= 11 is 5.97. The van der Waals surface area contributed by atoms with Crippen molar-refractivity contribution in [1.29, 1.82) is 0 Å². The van der Waals surface area contributed by atoms with E-state index in [1.165, 1.54) is 6.33 Å². The van der Waals surface area contributed by atoms with E-state index in [9.17, 15) is 0 Å². The monoisotopic (exact) mass is 326 g/mol. The van der Waals surface area contributed by atoms with Gasteiger partial charge in [-0.05, 0) is 34.7 Å². The van der Waals surface area contributed by atoms with Crippen LogP contribution in [0, 0.1) is 0 Å². The standard InChI is InChI=1S/C15H11ClN6O/c16-11-4-5-15-18-12(8-21(15)7-11)9-23-14-3-1-2-13(6-14)22-10-17-19-20-22/h1-8,10H,9H2. The van der Waals surface area contributed by atoms with Crippen LogP contribution in [-0.4, -0.2) is 29.6 Å². The van der Waals surface area contributed by atoms with Gasteiger partial charge in [0, 0.05) is 18.5 Å². The molecule has 0 bridgehead atoms. The number of ether oxygens (including phenoxy) is 1. The Balaban J connectivity index is 1.53. The highest BCUT2D eigenvalue weighted by molar-refractivity contribution is 6.30. The summed E-state index contributed by atoms with van der Waals surface area (Å²) in [5.74, 6) is 0.716. The zero-order chi connectivity index (χ0) is 15.6.